The fourth-order valence-electron chi connectivity index (χ4n) is 1.90. The van der Waals surface area contributed by atoms with Gasteiger partial charge < -0.3 is 15.6 Å². The van der Waals surface area contributed by atoms with E-state index in [0.717, 1.165) is 6.20 Å². The molecule has 2 rings (SSSR count). The Hall–Kier alpha value is -1.54. The van der Waals surface area contributed by atoms with Crippen LogP contribution in [0.3, 0.4) is 0 Å². The largest absolute Gasteiger partial charge is 0.394 e. The van der Waals surface area contributed by atoms with Crippen LogP contribution < -0.4 is 11.4 Å². The molecule has 0 saturated carbocycles. The molecule has 6 nitrogen and oxygen atoms in total. The average Bonchev–Trinajstić information content (AvgIpc) is 2.52. The number of hydrogen-bond acceptors (Lipinski definition) is 5. The smallest absolute Gasteiger partial charge is 0.351 e. The number of anilines is 1. The van der Waals surface area contributed by atoms with Crippen LogP contribution in [0.4, 0.5) is 14.6 Å². The minimum absolute atomic E-state index is 0.0516. The first-order chi connectivity index (χ1) is 8.37. The molecule has 0 bridgehead atoms. The van der Waals surface area contributed by atoms with Crippen LogP contribution in [-0.4, -0.2) is 33.3 Å². The summed E-state index contributed by atoms with van der Waals surface area (Å²) in [5.74, 6) is -4.52. The summed E-state index contributed by atoms with van der Waals surface area (Å²) in [6, 6.07) is 1.23. The van der Waals surface area contributed by atoms with Gasteiger partial charge in [-0.05, 0) is 6.07 Å². The molecule has 0 radical (unpaired) electrons. The van der Waals surface area contributed by atoms with Gasteiger partial charge in [0.05, 0.1) is 18.6 Å². The minimum atomic E-state index is -3.27. The first-order valence-electron chi connectivity index (χ1n) is 5.36. The predicted molar refractivity (Wildman–Crippen MR) is 58.0 cm³/mol. The third kappa shape index (κ3) is 1.87. The number of ether oxygens (including phenoxy) is 1. The van der Waals surface area contributed by atoms with Gasteiger partial charge in [-0.3, -0.25) is 4.57 Å². The van der Waals surface area contributed by atoms with Crippen LogP contribution >= 0.6 is 0 Å². The molecule has 3 N–H and O–H groups in total. The second kappa shape index (κ2) is 4.29. The molecule has 0 spiro atoms. The summed E-state index contributed by atoms with van der Waals surface area (Å²) >= 11 is 0. The van der Waals surface area contributed by atoms with E-state index < -0.39 is 36.5 Å². The molecule has 1 aliphatic heterocycles. The molecular formula is C10H13F2N3O3. The van der Waals surface area contributed by atoms with Gasteiger partial charge in [0.1, 0.15) is 5.82 Å². The molecule has 1 aromatic heterocycles. The lowest BCUT2D eigenvalue weighted by Gasteiger charge is -2.21. The SMILES string of the molecule is CC1C(CO)OC(n2ccc(N)nc2=O)C1(F)F. The summed E-state index contributed by atoms with van der Waals surface area (Å²) in [7, 11) is 0. The van der Waals surface area contributed by atoms with Crippen molar-refractivity contribution in [3.8, 4) is 0 Å². The summed E-state index contributed by atoms with van der Waals surface area (Å²) in [6.07, 6.45) is -1.69. The number of halogens is 2. The van der Waals surface area contributed by atoms with Crippen LogP contribution in [0.25, 0.3) is 0 Å². The number of nitrogen functional groups attached to an aromatic ring is 1. The van der Waals surface area contributed by atoms with Crippen LogP contribution in [-0.2, 0) is 4.74 Å². The van der Waals surface area contributed by atoms with Crippen molar-refractivity contribution in [3.63, 3.8) is 0 Å². The summed E-state index contributed by atoms with van der Waals surface area (Å²) in [5.41, 5.74) is 4.37. The van der Waals surface area contributed by atoms with E-state index in [1.807, 2.05) is 0 Å². The Morgan fingerprint density at radius 1 is 1.67 bits per heavy atom. The Morgan fingerprint density at radius 2 is 2.33 bits per heavy atom. The van der Waals surface area contributed by atoms with E-state index in [9.17, 15) is 13.6 Å². The highest BCUT2D eigenvalue weighted by molar-refractivity contribution is 5.23. The Morgan fingerprint density at radius 3 is 2.83 bits per heavy atom. The Labute approximate surface area is 101 Å². The normalized spacial score (nSPS) is 30.6. The zero-order valence-electron chi connectivity index (χ0n) is 9.59. The van der Waals surface area contributed by atoms with Crippen molar-refractivity contribution in [2.24, 2.45) is 5.92 Å². The maximum Gasteiger partial charge on any atom is 0.351 e. The monoisotopic (exact) mass is 261 g/mol. The van der Waals surface area contributed by atoms with Crippen LogP contribution in [0.2, 0.25) is 0 Å². The topological polar surface area (TPSA) is 90.4 Å². The second-order valence-electron chi connectivity index (χ2n) is 4.21. The zero-order valence-corrected chi connectivity index (χ0v) is 9.59. The predicted octanol–water partition coefficient (Wildman–Crippen LogP) is -0.0134. The van der Waals surface area contributed by atoms with Crippen molar-refractivity contribution < 1.29 is 18.6 Å². The third-order valence-corrected chi connectivity index (χ3v) is 3.08. The fraction of sp³-hybridized carbons (Fsp3) is 0.600. The molecule has 18 heavy (non-hydrogen) atoms. The number of aliphatic hydroxyl groups is 1. The van der Waals surface area contributed by atoms with Crippen LogP contribution in [0, 0.1) is 5.92 Å². The van der Waals surface area contributed by atoms with E-state index in [4.69, 9.17) is 15.6 Å². The molecule has 8 heteroatoms. The lowest BCUT2D eigenvalue weighted by molar-refractivity contribution is -0.126. The first-order valence-corrected chi connectivity index (χ1v) is 5.36. The van der Waals surface area contributed by atoms with Gasteiger partial charge in [0.25, 0.3) is 5.92 Å². The molecule has 100 valence electrons. The molecule has 0 amide bonds. The van der Waals surface area contributed by atoms with Crippen molar-refractivity contribution in [1.82, 2.24) is 9.55 Å². The van der Waals surface area contributed by atoms with Gasteiger partial charge in [0.2, 0.25) is 6.23 Å². The quantitative estimate of drug-likeness (QED) is 0.781. The summed E-state index contributed by atoms with van der Waals surface area (Å²) in [6.45, 7) is 0.723. The third-order valence-electron chi connectivity index (χ3n) is 3.08. The molecule has 2 heterocycles. The number of rotatable bonds is 2. The maximum atomic E-state index is 14.0. The van der Waals surface area contributed by atoms with Gasteiger partial charge in [0.15, 0.2) is 0 Å². The number of alkyl halides is 2. The van der Waals surface area contributed by atoms with E-state index in [1.165, 1.54) is 13.0 Å². The molecule has 0 aromatic carbocycles. The van der Waals surface area contributed by atoms with E-state index in [-0.39, 0.29) is 5.82 Å². The zero-order chi connectivity index (χ0) is 13.5. The van der Waals surface area contributed by atoms with Crippen molar-refractivity contribution >= 4 is 5.82 Å². The van der Waals surface area contributed by atoms with E-state index >= 15 is 0 Å². The van der Waals surface area contributed by atoms with E-state index in [1.54, 1.807) is 0 Å². The number of hydrogen-bond donors (Lipinski definition) is 2. The molecule has 0 aliphatic carbocycles. The molecule has 1 aromatic rings. The molecule has 1 aliphatic rings. The van der Waals surface area contributed by atoms with E-state index in [2.05, 4.69) is 4.98 Å². The van der Waals surface area contributed by atoms with Gasteiger partial charge in [0, 0.05) is 6.20 Å². The van der Waals surface area contributed by atoms with Gasteiger partial charge >= 0.3 is 5.69 Å². The Balaban J connectivity index is 2.42. The maximum absolute atomic E-state index is 14.0. The van der Waals surface area contributed by atoms with Gasteiger partial charge in [-0.15, -0.1) is 0 Å². The number of aromatic nitrogens is 2. The van der Waals surface area contributed by atoms with Crippen LogP contribution in [0.1, 0.15) is 13.2 Å². The molecule has 1 fully saturated rings. The van der Waals surface area contributed by atoms with Crippen LogP contribution in [0.15, 0.2) is 17.1 Å². The number of aliphatic hydroxyl groups excluding tert-OH is 1. The lowest BCUT2D eigenvalue weighted by atomic mass is 10.00. The number of nitrogens with two attached hydrogens (primary N) is 1. The van der Waals surface area contributed by atoms with Gasteiger partial charge in [-0.2, -0.15) is 4.98 Å². The standard InChI is InChI=1S/C10H13F2N3O3/c1-5-6(4-16)18-8(10(5,11)12)15-3-2-7(13)14-9(15)17/h2-3,5-6,8,16H,4H2,1H3,(H2,13,14,17). The average molecular weight is 261 g/mol. The van der Waals surface area contributed by atoms with Gasteiger partial charge in [-0.1, -0.05) is 6.92 Å². The highest BCUT2D eigenvalue weighted by atomic mass is 19.3. The van der Waals surface area contributed by atoms with Crippen molar-refractivity contribution in [2.45, 2.75) is 25.2 Å². The second-order valence-corrected chi connectivity index (χ2v) is 4.21. The summed E-state index contributed by atoms with van der Waals surface area (Å²) in [4.78, 5) is 14.9. The molecule has 1 saturated heterocycles. The summed E-state index contributed by atoms with van der Waals surface area (Å²) in [5, 5.41) is 8.97. The van der Waals surface area contributed by atoms with E-state index in [0.29, 0.717) is 4.57 Å². The van der Waals surface area contributed by atoms with Gasteiger partial charge in [-0.25, -0.2) is 13.6 Å². The molecular weight excluding hydrogens is 248 g/mol. The van der Waals surface area contributed by atoms with Crippen molar-refractivity contribution in [1.29, 1.82) is 0 Å². The van der Waals surface area contributed by atoms with Crippen molar-refractivity contribution in [3.05, 3.63) is 22.7 Å². The first kappa shape index (κ1) is 12.9. The highest BCUT2D eigenvalue weighted by Crippen LogP contribution is 2.45. The molecule has 3 atom stereocenters. The minimum Gasteiger partial charge on any atom is -0.394 e. The van der Waals surface area contributed by atoms with Crippen molar-refractivity contribution in [2.75, 3.05) is 12.3 Å². The Kier molecular flexibility index (Phi) is 3.07. The van der Waals surface area contributed by atoms with Crippen LogP contribution in [0.5, 0.6) is 0 Å². The highest BCUT2D eigenvalue weighted by Gasteiger charge is 2.57. The number of nitrogens with zero attached hydrogens (tertiary/aromatic N) is 2. The molecule has 3 unspecified atom stereocenters. The Bertz CT molecular complexity index is 505. The lowest BCUT2D eigenvalue weighted by Crippen LogP contribution is -2.37. The fourth-order valence-corrected chi connectivity index (χ4v) is 1.90. The summed E-state index contributed by atoms with van der Waals surface area (Å²) < 4.78 is 33.6.